The molecule has 2 aromatic rings. The van der Waals surface area contributed by atoms with Crippen molar-refractivity contribution in [2.24, 2.45) is 10.8 Å². The fourth-order valence-electron chi connectivity index (χ4n) is 5.11. The second-order valence-corrected chi connectivity index (χ2v) is 9.28. The Balaban J connectivity index is 1.22. The lowest BCUT2D eigenvalue weighted by Crippen LogP contribution is -2.58. The molecule has 2 aliphatic carbocycles. The van der Waals surface area contributed by atoms with Crippen LogP contribution in [0.5, 0.6) is 5.75 Å². The van der Waals surface area contributed by atoms with Crippen LogP contribution in [-0.4, -0.2) is 42.2 Å². The summed E-state index contributed by atoms with van der Waals surface area (Å²) >= 11 is 0. The van der Waals surface area contributed by atoms with Gasteiger partial charge in [-0.25, -0.2) is 0 Å². The van der Waals surface area contributed by atoms with Gasteiger partial charge in [-0.2, -0.15) is 0 Å². The minimum Gasteiger partial charge on any atom is -0.494 e. The van der Waals surface area contributed by atoms with Gasteiger partial charge in [0.1, 0.15) is 5.75 Å². The van der Waals surface area contributed by atoms with Crippen LogP contribution < -0.4 is 4.74 Å². The van der Waals surface area contributed by atoms with Gasteiger partial charge >= 0.3 is 5.97 Å². The lowest BCUT2D eigenvalue weighted by atomic mass is 9.76. The molecule has 2 fully saturated rings. The van der Waals surface area contributed by atoms with Gasteiger partial charge < -0.3 is 14.7 Å². The van der Waals surface area contributed by atoms with Gasteiger partial charge in [0, 0.05) is 36.2 Å². The van der Waals surface area contributed by atoms with Crippen molar-refractivity contribution in [1.82, 2.24) is 4.90 Å². The number of nitrogens with zero attached hydrogens (tertiary/aromatic N) is 1. The van der Waals surface area contributed by atoms with Crippen LogP contribution in [0.3, 0.4) is 0 Å². The zero-order valence-electron chi connectivity index (χ0n) is 17.4. The monoisotopic (exact) mass is 401 g/mol. The Morgan fingerprint density at radius 1 is 1.03 bits per heavy atom. The molecule has 1 aliphatic heterocycles. The van der Waals surface area contributed by atoms with E-state index in [-0.39, 0.29) is 0 Å². The third-order valence-electron chi connectivity index (χ3n) is 6.81. The Morgan fingerprint density at radius 2 is 1.70 bits per heavy atom. The molecule has 0 radical (unpaired) electrons. The van der Waals surface area contributed by atoms with Crippen molar-refractivity contribution >= 4 is 5.97 Å². The lowest BCUT2D eigenvalue weighted by molar-refractivity contribution is -0.145. The predicted octanol–water partition coefficient (Wildman–Crippen LogP) is 3.75. The normalized spacial score (nSPS) is 20.0. The van der Waals surface area contributed by atoms with E-state index in [9.17, 15) is 9.90 Å². The number of rotatable bonds is 5. The summed E-state index contributed by atoms with van der Waals surface area (Å²) in [6.07, 6.45) is 3.86. The first-order valence-electron chi connectivity index (χ1n) is 10.8. The molecule has 1 heterocycles. The van der Waals surface area contributed by atoms with Gasteiger partial charge in [0.15, 0.2) is 0 Å². The first kappa shape index (κ1) is 19.2. The average molecular weight is 402 g/mol. The third-order valence-corrected chi connectivity index (χ3v) is 6.81. The number of fused-ring (bicyclic) bond motifs is 1. The Labute approximate surface area is 177 Å². The molecule has 0 unspecified atom stereocenters. The third kappa shape index (κ3) is 3.59. The molecule has 0 amide bonds. The maximum Gasteiger partial charge on any atom is 0.310 e. The van der Waals surface area contributed by atoms with E-state index >= 15 is 0 Å². The highest BCUT2D eigenvalue weighted by molar-refractivity contribution is 5.78. The van der Waals surface area contributed by atoms with Crippen LogP contribution in [0.2, 0.25) is 0 Å². The maximum absolute atomic E-state index is 11.5. The van der Waals surface area contributed by atoms with Gasteiger partial charge in [-0.1, -0.05) is 17.9 Å². The molecule has 1 saturated heterocycles. The Morgan fingerprint density at radius 3 is 2.37 bits per heavy atom. The molecule has 1 N–H and O–H groups in total. The zero-order chi connectivity index (χ0) is 20.8. The van der Waals surface area contributed by atoms with E-state index in [1.807, 2.05) is 31.2 Å². The zero-order valence-corrected chi connectivity index (χ0v) is 17.4. The highest BCUT2D eigenvalue weighted by atomic mass is 16.5. The molecule has 30 heavy (non-hydrogen) atoms. The highest BCUT2D eigenvalue weighted by Crippen LogP contribution is 2.50. The van der Waals surface area contributed by atoms with Crippen LogP contribution >= 0.6 is 0 Å². The van der Waals surface area contributed by atoms with E-state index in [0.29, 0.717) is 12.0 Å². The minimum absolute atomic E-state index is 0.304. The second-order valence-electron chi connectivity index (χ2n) is 9.28. The first-order chi connectivity index (χ1) is 14.5. The molecular weight excluding hydrogens is 374 g/mol. The fourth-order valence-corrected chi connectivity index (χ4v) is 5.11. The first-order valence-corrected chi connectivity index (χ1v) is 10.8. The molecular formula is C26H27NO3. The molecule has 0 atom stereocenters. The number of likely N-dealkylation sites (tertiary alicyclic amines) is 1. The number of benzene rings is 2. The van der Waals surface area contributed by atoms with Crippen molar-refractivity contribution in [1.29, 1.82) is 0 Å². The van der Waals surface area contributed by atoms with Gasteiger partial charge in [-0.15, -0.1) is 0 Å². The van der Waals surface area contributed by atoms with E-state index in [1.165, 1.54) is 11.1 Å². The number of ether oxygens (including phenoxy) is 1. The molecule has 1 spiro atoms. The van der Waals surface area contributed by atoms with Crippen LogP contribution in [-0.2, 0) is 17.6 Å². The van der Waals surface area contributed by atoms with E-state index in [0.717, 1.165) is 62.2 Å². The summed E-state index contributed by atoms with van der Waals surface area (Å²) in [6.45, 7) is 5.40. The molecule has 0 bridgehead atoms. The van der Waals surface area contributed by atoms with E-state index in [1.54, 1.807) is 0 Å². The Bertz CT molecular complexity index is 1030. The van der Waals surface area contributed by atoms with Crippen molar-refractivity contribution in [2.75, 3.05) is 26.2 Å². The van der Waals surface area contributed by atoms with Crippen molar-refractivity contribution in [3.8, 4) is 17.6 Å². The number of carbonyl (C=O) groups is 1. The average Bonchev–Trinajstić information content (AvgIpc) is 3.39. The lowest BCUT2D eigenvalue weighted by Gasteiger charge is -2.49. The van der Waals surface area contributed by atoms with Crippen LogP contribution in [0, 0.1) is 22.7 Å². The molecule has 2 aromatic carbocycles. The summed E-state index contributed by atoms with van der Waals surface area (Å²) in [6, 6.07) is 14.5. The largest absolute Gasteiger partial charge is 0.494 e. The summed E-state index contributed by atoms with van der Waals surface area (Å²) in [7, 11) is 0. The van der Waals surface area contributed by atoms with Crippen LogP contribution in [0.4, 0.5) is 0 Å². The van der Waals surface area contributed by atoms with Gasteiger partial charge in [-0.3, -0.25) is 4.79 Å². The second kappa shape index (κ2) is 7.18. The molecule has 1 saturated carbocycles. The summed E-state index contributed by atoms with van der Waals surface area (Å²) in [5.74, 6) is 6.81. The van der Waals surface area contributed by atoms with Crippen LogP contribution in [0.25, 0.3) is 0 Å². The quantitative estimate of drug-likeness (QED) is 0.776. The fraction of sp³-hybridized carbons (Fsp3) is 0.423. The van der Waals surface area contributed by atoms with Crippen molar-refractivity contribution in [3.05, 3.63) is 64.7 Å². The topological polar surface area (TPSA) is 49.8 Å². The standard InChI is InChI=1S/C26H27NO3/c1-2-30-23-9-6-19(7-10-23)3-4-20-5-8-21-14-25(15-22(21)13-20)16-27(17-25)18-26(11-12-26)24(28)29/h5-10,13H,2,11-12,14-18H2,1H3,(H,28,29). The SMILES string of the molecule is CCOc1ccc(C#Cc2ccc3c(c2)CC2(C3)CN(CC3(C(=O)O)CC3)C2)cc1. The molecule has 0 aromatic heterocycles. The minimum atomic E-state index is -0.617. The smallest absolute Gasteiger partial charge is 0.310 e. The highest BCUT2D eigenvalue weighted by Gasteiger charge is 2.55. The molecule has 5 rings (SSSR count). The van der Waals surface area contributed by atoms with Crippen molar-refractivity contribution in [3.63, 3.8) is 0 Å². The number of hydrogen-bond donors (Lipinski definition) is 1. The van der Waals surface area contributed by atoms with Crippen LogP contribution in [0.1, 0.15) is 42.0 Å². The van der Waals surface area contributed by atoms with Gasteiger partial charge in [0.25, 0.3) is 0 Å². The van der Waals surface area contributed by atoms with Crippen LogP contribution in [0.15, 0.2) is 42.5 Å². The predicted molar refractivity (Wildman–Crippen MR) is 116 cm³/mol. The number of carboxylic acid groups (broad SMARTS) is 1. The van der Waals surface area contributed by atoms with E-state index in [2.05, 4.69) is 34.9 Å². The maximum atomic E-state index is 11.5. The Kier molecular flexibility index (Phi) is 4.60. The Hall–Kier alpha value is -2.77. The van der Waals surface area contributed by atoms with Gasteiger partial charge in [-0.05, 0) is 80.1 Å². The van der Waals surface area contributed by atoms with Gasteiger partial charge in [0.2, 0.25) is 0 Å². The van der Waals surface area contributed by atoms with E-state index in [4.69, 9.17) is 4.74 Å². The number of carboxylic acids is 1. The summed E-state index contributed by atoms with van der Waals surface area (Å²) in [5.41, 5.74) is 4.73. The molecule has 154 valence electrons. The van der Waals surface area contributed by atoms with Crippen molar-refractivity contribution in [2.45, 2.75) is 32.6 Å². The van der Waals surface area contributed by atoms with Gasteiger partial charge in [0.05, 0.1) is 12.0 Å². The summed E-state index contributed by atoms with van der Waals surface area (Å²) < 4.78 is 5.48. The van der Waals surface area contributed by atoms with Crippen molar-refractivity contribution < 1.29 is 14.6 Å². The van der Waals surface area contributed by atoms with E-state index < -0.39 is 11.4 Å². The molecule has 3 aliphatic rings. The summed E-state index contributed by atoms with van der Waals surface area (Å²) in [4.78, 5) is 13.8. The number of aliphatic carboxylic acids is 1. The molecule has 4 heteroatoms. The molecule has 4 nitrogen and oxygen atoms in total. The number of hydrogen-bond acceptors (Lipinski definition) is 3. The summed E-state index contributed by atoms with van der Waals surface area (Å²) in [5, 5.41) is 9.43.